The lowest BCUT2D eigenvalue weighted by Crippen LogP contribution is -2.46. The van der Waals surface area contributed by atoms with Crippen molar-refractivity contribution in [3.63, 3.8) is 0 Å². The second kappa shape index (κ2) is 7.32. The van der Waals surface area contributed by atoms with Gasteiger partial charge in [0.25, 0.3) is 10.0 Å². The summed E-state index contributed by atoms with van der Waals surface area (Å²) in [7, 11) is -3.47. The molecule has 0 bridgehead atoms. The highest BCUT2D eigenvalue weighted by atomic mass is 32.2. The van der Waals surface area contributed by atoms with Gasteiger partial charge >= 0.3 is 0 Å². The minimum absolute atomic E-state index is 0.00446. The number of thiophene rings is 1. The number of carbonyl (C=O) groups is 1. The van der Waals surface area contributed by atoms with Crippen LogP contribution in [0.15, 0.2) is 21.7 Å². The Morgan fingerprint density at radius 1 is 1.22 bits per heavy atom. The number of rotatable bonds is 5. The Kier molecular flexibility index (Phi) is 5.38. The zero-order chi connectivity index (χ0) is 16.3. The van der Waals surface area contributed by atoms with Crippen molar-refractivity contribution < 1.29 is 13.2 Å². The number of hydrogen-bond donors (Lipinski definition) is 1. The molecule has 0 aromatic carbocycles. The fourth-order valence-corrected chi connectivity index (χ4v) is 6.40. The highest BCUT2D eigenvalue weighted by molar-refractivity contribution is 7.91. The van der Waals surface area contributed by atoms with Crippen molar-refractivity contribution in [2.45, 2.75) is 67.7 Å². The van der Waals surface area contributed by atoms with Crippen LogP contribution in [0.3, 0.4) is 0 Å². The molecule has 128 valence electrons. The summed E-state index contributed by atoms with van der Waals surface area (Å²) < 4.78 is 27.5. The van der Waals surface area contributed by atoms with Gasteiger partial charge in [-0.05, 0) is 37.1 Å². The van der Waals surface area contributed by atoms with Gasteiger partial charge in [0.1, 0.15) is 4.21 Å². The number of nitrogens with zero attached hydrogens (tertiary/aromatic N) is 1. The maximum Gasteiger partial charge on any atom is 0.252 e. The van der Waals surface area contributed by atoms with E-state index < -0.39 is 10.0 Å². The van der Waals surface area contributed by atoms with Crippen LogP contribution in [0, 0.1) is 0 Å². The molecule has 7 heteroatoms. The van der Waals surface area contributed by atoms with E-state index in [9.17, 15) is 13.2 Å². The van der Waals surface area contributed by atoms with Gasteiger partial charge < -0.3 is 5.32 Å². The number of nitrogens with one attached hydrogen (secondary N) is 1. The van der Waals surface area contributed by atoms with Gasteiger partial charge in [-0.2, -0.15) is 4.31 Å². The summed E-state index contributed by atoms with van der Waals surface area (Å²) in [6.07, 6.45) is 7.34. The first-order chi connectivity index (χ1) is 11.1. The zero-order valence-corrected chi connectivity index (χ0v) is 14.9. The average Bonchev–Trinajstić information content (AvgIpc) is 3.21. The monoisotopic (exact) mass is 356 g/mol. The Labute approximate surface area is 142 Å². The van der Waals surface area contributed by atoms with Crippen molar-refractivity contribution in [1.82, 2.24) is 9.62 Å². The molecule has 1 aliphatic carbocycles. The van der Waals surface area contributed by atoms with Crippen molar-refractivity contribution in [3.8, 4) is 0 Å². The number of carbonyl (C=O) groups excluding carboxylic acids is 1. The van der Waals surface area contributed by atoms with E-state index in [0.29, 0.717) is 10.8 Å². The van der Waals surface area contributed by atoms with Crippen LogP contribution in [0.4, 0.5) is 0 Å². The Hall–Kier alpha value is -0.920. The van der Waals surface area contributed by atoms with E-state index in [1.54, 1.807) is 21.8 Å². The van der Waals surface area contributed by atoms with Crippen LogP contribution in [-0.2, 0) is 14.8 Å². The average molecular weight is 357 g/mol. The Bertz CT molecular complexity index is 622. The van der Waals surface area contributed by atoms with Gasteiger partial charge in [0.2, 0.25) is 5.91 Å². The summed E-state index contributed by atoms with van der Waals surface area (Å²) in [6.45, 7) is 0.515. The Balaban J connectivity index is 1.67. The smallest absolute Gasteiger partial charge is 0.252 e. The van der Waals surface area contributed by atoms with E-state index in [2.05, 4.69) is 5.32 Å². The first-order valence-electron chi connectivity index (χ1n) is 8.42. The fourth-order valence-electron chi connectivity index (χ4n) is 3.59. The lowest BCUT2D eigenvalue weighted by Gasteiger charge is -2.34. The molecule has 2 aliphatic rings. The molecule has 2 heterocycles. The van der Waals surface area contributed by atoms with Gasteiger partial charge in [0, 0.05) is 25.0 Å². The van der Waals surface area contributed by atoms with Crippen LogP contribution in [-0.4, -0.2) is 37.3 Å². The summed E-state index contributed by atoms with van der Waals surface area (Å²) >= 11 is 1.24. The van der Waals surface area contributed by atoms with Gasteiger partial charge in [-0.15, -0.1) is 11.3 Å². The largest absolute Gasteiger partial charge is 0.353 e. The molecule has 0 spiro atoms. The zero-order valence-electron chi connectivity index (χ0n) is 13.2. The molecule has 1 atom stereocenters. The SMILES string of the molecule is O=C(C[C@H]1CCCCN1S(=O)(=O)c1cccs1)NC1CCCC1. The van der Waals surface area contributed by atoms with E-state index in [4.69, 9.17) is 0 Å². The van der Waals surface area contributed by atoms with E-state index in [0.717, 1.165) is 32.1 Å². The van der Waals surface area contributed by atoms with Crippen LogP contribution < -0.4 is 5.32 Å². The Morgan fingerprint density at radius 2 is 1.96 bits per heavy atom. The number of sulfonamides is 1. The molecule has 2 fully saturated rings. The minimum atomic E-state index is -3.47. The molecule has 1 aromatic heterocycles. The van der Waals surface area contributed by atoms with Gasteiger partial charge in [-0.25, -0.2) is 8.42 Å². The first-order valence-corrected chi connectivity index (χ1v) is 10.7. The van der Waals surface area contributed by atoms with Crippen LogP contribution >= 0.6 is 11.3 Å². The van der Waals surface area contributed by atoms with Gasteiger partial charge in [0.15, 0.2) is 0 Å². The third-order valence-electron chi connectivity index (χ3n) is 4.77. The second-order valence-electron chi connectivity index (χ2n) is 6.45. The lowest BCUT2D eigenvalue weighted by molar-refractivity contribution is -0.122. The second-order valence-corrected chi connectivity index (χ2v) is 9.52. The van der Waals surface area contributed by atoms with Gasteiger partial charge in [-0.1, -0.05) is 25.3 Å². The number of piperidine rings is 1. The van der Waals surface area contributed by atoms with Crippen LogP contribution in [0.2, 0.25) is 0 Å². The van der Waals surface area contributed by atoms with Crippen LogP contribution in [0.5, 0.6) is 0 Å². The highest BCUT2D eigenvalue weighted by Gasteiger charge is 2.35. The summed E-state index contributed by atoms with van der Waals surface area (Å²) in [6, 6.07) is 3.47. The van der Waals surface area contributed by atoms with Crippen LogP contribution in [0.25, 0.3) is 0 Å². The molecule has 23 heavy (non-hydrogen) atoms. The van der Waals surface area contributed by atoms with Gasteiger partial charge in [0.05, 0.1) is 0 Å². The highest BCUT2D eigenvalue weighted by Crippen LogP contribution is 2.29. The van der Waals surface area contributed by atoms with E-state index >= 15 is 0 Å². The topological polar surface area (TPSA) is 66.5 Å². The predicted octanol–water partition coefficient (Wildman–Crippen LogP) is 2.74. The van der Waals surface area contributed by atoms with Crippen molar-refractivity contribution in [2.75, 3.05) is 6.54 Å². The number of amides is 1. The summed E-state index contributed by atoms with van der Waals surface area (Å²) in [4.78, 5) is 12.3. The molecule has 1 aliphatic heterocycles. The van der Waals surface area contributed by atoms with E-state index in [1.807, 2.05) is 0 Å². The molecule has 1 saturated carbocycles. The van der Waals surface area contributed by atoms with Crippen LogP contribution in [0.1, 0.15) is 51.4 Å². The molecule has 1 amide bonds. The van der Waals surface area contributed by atoms with Gasteiger partial charge in [-0.3, -0.25) is 4.79 Å². The summed E-state index contributed by atoms with van der Waals surface area (Å²) in [5, 5.41) is 4.85. The number of hydrogen-bond acceptors (Lipinski definition) is 4. The fraction of sp³-hybridized carbons (Fsp3) is 0.688. The molecule has 0 radical (unpaired) electrons. The molecule has 1 saturated heterocycles. The summed E-state index contributed by atoms with van der Waals surface area (Å²) in [5.74, 6) is -0.00446. The molecule has 3 rings (SSSR count). The van der Waals surface area contributed by atoms with Crippen molar-refractivity contribution in [2.24, 2.45) is 0 Å². The van der Waals surface area contributed by atoms with Crippen molar-refractivity contribution >= 4 is 27.3 Å². The normalized spacial score (nSPS) is 23.9. The molecule has 1 aromatic rings. The maximum atomic E-state index is 12.8. The first kappa shape index (κ1) is 16.9. The maximum absolute atomic E-state index is 12.8. The Morgan fingerprint density at radius 3 is 2.65 bits per heavy atom. The minimum Gasteiger partial charge on any atom is -0.353 e. The molecular weight excluding hydrogens is 332 g/mol. The van der Waals surface area contributed by atoms with E-state index in [-0.39, 0.29) is 24.4 Å². The molecule has 1 N–H and O–H groups in total. The third kappa shape index (κ3) is 3.95. The quantitative estimate of drug-likeness (QED) is 0.882. The lowest BCUT2D eigenvalue weighted by atomic mass is 10.0. The summed E-state index contributed by atoms with van der Waals surface area (Å²) in [5.41, 5.74) is 0. The van der Waals surface area contributed by atoms with Crippen molar-refractivity contribution in [1.29, 1.82) is 0 Å². The molecular formula is C16H24N2O3S2. The standard InChI is InChI=1S/C16H24N2O3S2/c19-15(17-13-6-1-2-7-13)12-14-8-3-4-10-18(14)23(20,21)16-9-5-11-22-16/h5,9,11,13-14H,1-4,6-8,10,12H2,(H,17,19)/t14-/m1/s1. The van der Waals surface area contributed by atoms with Crippen molar-refractivity contribution in [3.05, 3.63) is 17.5 Å². The molecule has 0 unspecified atom stereocenters. The molecule has 5 nitrogen and oxygen atoms in total. The van der Waals surface area contributed by atoms with E-state index in [1.165, 1.54) is 24.2 Å². The predicted molar refractivity (Wildman–Crippen MR) is 90.9 cm³/mol. The third-order valence-corrected chi connectivity index (χ3v) is 8.10.